The fraction of sp³-hybridized carbons (Fsp3) is 0.158. The highest BCUT2D eigenvalue weighted by atomic mass is 35.5. The number of hydrogen-bond acceptors (Lipinski definition) is 5. The van der Waals surface area contributed by atoms with Gasteiger partial charge in [0.25, 0.3) is 0 Å². The summed E-state index contributed by atoms with van der Waals surface area (Å²) in [5.41, 5.74) is 0.295. The van der Waals surface area contributed by atoms with E-state index in [-0.39, 0.29) is 23.1 Å². The van der Waals surface area contributed by atoms with Crippen molar-refractivity contribution in [1.82, 2.24) is 14.6 Å². The third kappa shape index (κ3) is 5.41. The van der Waals surface area contributed by atoms with Crippen LogP contribution in [0.1, 0.15) is 11.3 Å². The number of pyridine rings is 1. The summed E-state index contributed by atoms with van der Waals surface area (Å²) >= 11 is 5.72. The van der Waals surface area contributed by atoms with Gasteiger partial charge in [-0.25, -0.2) is 17.8 Å². The lowest BCUT2D eigenvalue weighted by molar-refractivity contribution is -0.121. The second-order valence-corrected chi connectivity index (χ2v) is 8.36. The summed E-state index contributed by atoms with van der Waals surface area (Å²) in [5.74, 6) is -0.692. The van der Waals surface area contributed by atoms with Gasteiger partial charge in [0, 0.05) is 18.3 Å². The largest absolute Gasteiger partial charge is 0.468 e. The predicted octanol–water partition coefficient (Wildman–Crippen LogP) is 2.97. The molecule has 0 saturated heterocycles. The molecule has 0 aliphatic carbocycles. The number of hydrogen-bond donors (Lipinski definition) is 1. The summed E-state index contributed by atoms with van der Waals surface area (Å²) in [6.07, 6.45) is 2.52. The summed E-state index contributed by atoms with van der Waals surface area (Å²) in [7, 11) is -4.06. The average Bonchev–Trinajstić information content (AvgIpc) is 3.20. The van der Waals surface area contributed by atoms with Gasteiger partial charge in [-0.15, -0.1) is 0 Å². The van der Waals surface area contributed by atoms with Crippen molar-refractivity contribution < 1.29 is 22.0 Å². The van der Waals surface area contributed by atoms with E-state index < -0.39 is 28.3 Å². The highest BCUT2D eigenvalue weighted by Crippen LogP contribution is 2.19. The molecule has 0 unspecified atom stereocenters. The second-order valence-electron chi connectivity index (χ2n) is 6.04. The van der Waals surface area contributed by atoms with Gasteiger partial charge in [0.2, 0.25) is 15.9 Å². The van der Waals surface area contributed by atoms with Gasteiger partial charge in [0.05, 0.1) is 19.4 Å². The molecule has 0 spiro atoms. The molecule has 0 fully saturated rings. The van der Waals surface area contributed by atoms with E-state index in [4.69, 9.17) is 16.0 Å². The molecule has 29 heavy (non-hydrogen) atoms. The Morgan fingerprint density at radius 3 is 2.62 bits per heavy atom. The number of benzene rings is 1. The van der Waals surface area contributed by atoms with Crippen LogP contribution in [0, 0.1) is 5.82 Å². The Morgan fingerprint density at radius 1 is 1.17 bits per heavy atom. The number of aromatic nitrogens is 1. The molecule has 3 rings (SSSR count). The molecule has 0 bridgehead atoms. The van der Waals surface area contributed by atoms with Crippen LogP contribution in [-0.4, -0.2) is 30.2 Å². The van der Waals surface area contributed by atoms with Crippen molar-refractivity contribution >= 4 is 27.5 Å². The molecule has 1 amide bonds. The second kappa shape index (κ2) is 9.17. The summed E-state index contributed by atoms with van der Waals surface area (Å²) in [4.78, 5) is 16.1. The fourth-order valence-electron chi connectivity index (χ4n) is 2.52. The van der Waals surface area contributed by atoms with E-state index in [9.17, 15) is 17.6 Å². The van der Waals surface area contributed by atoms with Gasteiger partial charge in [-0.1, -0.05) is 29.8 Å². The molecule has 0 radical (unpaired) electrons. The lowest BCUT2D eigenvalue weighted by Crippen LogP contribution is -2.40. The highest BCUT2D eigenvalue weighted by molar-refractivity contribution is 7.89. The first-order valence-electron chi connectivity index (χ1n) is 8.50. The normalized spacial score (nSPS) is 11.6. The Bertz CT molecular complexity index is 1070. The monoisotopic (exact) mass is 437 g/mol. The average molecular weight is 438 g/mol. The Morgan fingerprint density at radius 2 is 1.97 bits per heavy atom. The quantitative estimate of drug-likeness (QED) is 0.547. The van der Waals surface area contributed by atoms with Crippen LogP contribution in [0.4, 0.5) is 4.39 Å². The molecule has 7 nitrogen and oxygen atoms in total. The Hall–Kier alpha value is -2.75. The Kier molecular flexibility index (Phi) is 6.63. The molecule has 2 heterocycles. The van der Waals surface area contributed by atoms with Crippen LogP contribution < -0.4 is 5.32 Å². The van der Waals surface area contributed by atoms with Crippen LogP contribution in [0.2, 0.25) is 5.15 Å². The first-order valence-corrected chi connectivity index (χ1v) is 10.3. The summed E-state index contributed by atoms with van der Waals surface area (Å²) in [6, 6.07) is 11.9. The van der Waals surface area contributed by atoms with E-state index in [1.807, 2.05) is 0 Å². The molecule has 152 valence electrons. The topological polar surface area (TPSA) is 92.5 Å². The minimum atomic E-state index is -4.06. The van der Waals surface area contributed by atoms with Gasteiger partial charge in [-0.3, -0.25) is 4.79 Å². The van der Waals surface area contributed by atoms with Crippen LogP contribution in [0.25, 0.3) is 0 Å². The van der Waals surface area contributed by atoms with Gasteiger partial charge in [0.1, 0.15) is 21.6 Å². The minimum Gasteiger partial charge on any atom is -0.468 e. The first kappa shape index (κ1) is 21.0. The molecule has 1 N–H and O–H groups in total. The molecular formula is C19H17ClFN3O4S. The molecule has 0 saturated carbocycles. The zero-order valence-electron chi connectivity index (χ0n) is 15.1. The van der Waals surface area contributed by atoms with Gasteiger partial charge in [-0.05, 0) is 30.3 Å². The van der Waals surface area contributed by atoms with Crippen LogP contribution in [0.15, 0.2) is 70.3 Å². The Balaban J connectivity index is 1.77. The molecule has 2 aromatic heterocycles. The van der Waals surface area contributed by atoms with Crippen molar-refractivity contribution in [3.8, 4) is 0 Å². The minimum absolute atomic E-state index is 0.0668. The number of nitrogens with zero attached hydrogens (tertiary/aromatic N) is 2. The van der Waals surface area contributed by atoms with Crippen molar-refractivity contribution in [3.05, 3.63) is 83.3 Å². The van der Waals surface area contributed by atoms with E-state index in [2.05, 4.69) is 10.3 Å². The summed E-state index contributed by atoms with van der Waals surface area (Å²) in [6.45, 7) is -0.714. The molecule has 0 aliphatic rings. The van der Waals surface area contributed by atoms with E-state index in [1.165, 1.54) is 30.5 Å². The van der Waals surface area contributed by atoms with Crippen LogP contribution in [0.3, 0.4) is 0 Å². The lowest BCUT2D eigenvalue weighted by atomic mass is 10.2. The van der Waals surface area contributed by atoms with Crippen LogP contribution >= 0.6 is 11.6 Å². The van der Waals surface area contributed by atoms with E-state index in [0.717, 1.165) is 10.5 Å². The number of halogens is 2. The third-order valence-electron chi connectivity index (χ3n) is 4.00. The van der Waals surface area contributed by atoms with Crippen molar-refractivity contribution in [2.45, 2.75) is 18.0 Å². The first-order chi connectivity index (χ1) is 13.9. The Labute approximate surface area is 172 Å². The van der Waals surface area contributed by atoms with Gasteiger partial charge >= 0.3 is 0 Å². The SMILES string of the molecule is O=C(CN(Cc1ccco1)S(=O)(=O)c1ccc(Cl)nc1)NCc1ccccc1F. The number of amides is 1. The van der Waals surface area contributed by atoms with Gasteiger partial charge < -0.3 is 9.73 Å². The zero-order chi connectivity index (χ0) is 20.9. The maximum Gasteiger partial charge on any atom is 0.245 e. The van der Waals surface area contributed by atoms with Gasteiger partial charge in [0.15, 0.2) is 0 Å². The molecule has 1 aromatic carbocycles. The molecule has 10 heteroatoms. The zero-order valence-corrected chi connectivity index (χ0v) is 16.7. The van der Waals surface area contributed by atoms with Gasteiger partial charge in [-0.2, -0.15) is 4.31 Å². The van der Waals surface area contributed by atoms with Crippen LogP contribution in [0.5, 0.6) is 0 Å². The molecular weight excluding hydrogens is 421 g/mol. The van der Waals surface area contributed by atoms with Crippen molar-refractivity contribution in [3.63, 3.8) is 0 Å². The number of rotatable bonds is 8. The van der Waals surface area contributed by atoms with Crippen LogP contribution in [-0.2, 0) is 27.9 Å². The summed E-state index contributed by atoms with van der Waals surface area (Å²) in [5, 5.41) is 2.67. The standard InChI is InChI=1S/C19H17ClFN3O4S/c20-18-8-7-16(11-22-18)29(26,27)24(12-15-5-3-9-28-15)13-19(25)23-10-14-4-1-2-6-17(14)21/h1-9,11H,10,12-13H2,(H,23,25). The number of furan rings is 1. The number of carbonyl (C=O) groups excluding carboxylic acids is 1. The third-order valence-corrected chi connectivity index (χ3v) is 6.00. The smallest absolute Gasteiger partial charge is 0.245 e. The maximum absolute atomic E-state index is 13.7. The maximum atomic E-state index is 13.7. The number of nitrogens with one attached hydrogen (secondary N) is 1. The van der Waals surface area contributed by atoms with E-state index in [0.29, 0.717) is 11.3 Å². The van der Waals surface area contributed by atoms with Crippen molar-refractivity contribution in [2.75, 3.05) is 6.54 Å². The lowest BCUT2D eigenvalue weighted by Gasteiger charge is -2.20. The fourth-order valence-corrected chi connectivity index (χ4v) is 3.94. The molecule has 0 aliphatic heterocycles. The van der Waals surface area contributed by atoms with Crippen molar-refractivity contribution in [2.24, 2.45) is 0 Å². The van der Waals surface area contributed by atoms with Crippen molar-refractivity contribution in [1.29, 1.82) is 0 Å². The predicted molar refractivity (Wildman–Crippen MR) is 104 cm³/mol. The highest BCUT2D eigenvalue weighted by Gasteiger charge is 2.28. The molecule has 3 aromatic rings. The van der Waals surface area contributed by atoms with E-state index in [1.54, 1.807) is 24.3 Å². The summed E-state index contributed by atoms with van der Waals surface area (Å²) < 4.78 is 45.9. The number of sulfonamides is 1. The number of carbonyl (C=O) groups is 1. The van der Waals surface area contributed by atoms with E-state index >= 15 is 0 Å². The molecule has 0 atom stereocenters.